The molecule has 0 spiro atoms. The Labute approximate surface area is 117 Å². The maximum atomic E-state index is 12.1. The predicted molar refractivity (Wildman–Crippen MR) is 75.9 cm³/mol. The minimum absolute atomic E-state index is 0.0523. The molecule has 0 atom stereocenters. The Morgan fingerprint density at radius 2 is 1.65 bits per heavy atom. The number of nitrogens with two attached hydrogens (primary N) is 3. The van der Waals surface area contributed by atoms with Gasteiger partial charge in [0.25, 0.3) is 0 Å². The lowest BCUT2D eigenvalue weighted by atomic mass is 9.90. The maximum Gasteiger partial charge on any atom is 0.418 e. The first-order valence-corrected chi connectivity index (χ1v) is 6.77. The molecule has 0 saturated heterocycles. The number of hydrogen-bond donors (Lipinski definition) is 3. The third-order valence-electron chi connectivity index (χ3n) is 3.44. The van der Waals surface area contributed by atoms with Crippen molar-refractivity contribution in [2.24, 2.45) is 11.7 Å². The van der Waals surface area contributed by atoms with Gasteiger partial charge in [-0.05, 0) is 43.5 Å². The summed E-state index contributed by atoms with van der Waals surface area (Å²) >= 11 is 0. The van der Waals surface area contributed by atoms with Gasteiger partial charge >= 0.3 is 6.18 Å². The maximum absolute atomic E-state index is 12.1. The molecular formula is C14H22F3N3. The minimum atomic E-state index is -4.43. The van der Waals surface area contributed by atoms with Crippen molar-refractivity contribution < 1.29 is 13.2 Å². The zero-order valence-electron chi connectivity index (χ0n) is 11.4. The van der Waals surface area contributed by atoms with E-state index in [0.717, 1.165) is 24.6 Å². The lowest BCUT2D eigenvalue weighted by Crippen LogP contribution is -2.16. The van der Waals surface area contributed by atoms with Gasteiger partial charge in [-0.3, -0.25) is 0 Å². The highest BCUT2D eigenvalue weighted by Crippen LogP contribution is 2.34. The van der Waals surface area contributed by atoms with Gasteiger partial charge in [-0.1, -0.05) is 19.3 Å². The van der Waals surface area contributed by atoms with E-state index in [2.05, 4.69) is 0 Å². The SMILES string of the molecule is NCC1CCCCC1.Nc1ccc(N)c(C(F)(F)F)c1. The van der Waals surface area contributed by atoms with Crippen LogP contribution in [0.5, 0.6) is 0 Å². The van der Waals surface area contributed by atoms with E-state index in [0.29, 0.717) is 0 Å². The molecule has 0 aromatic heterocycles. The van der Waals surface area contributed by atoms with Crippen molar-refractivity contribution in [3.63, 3.8) is 0 Å². The quantitative estimate of drug-likeness (QED) is 0.693. The summed E-state index contributed by atoms with van der Waals surface area (Å²) in [5, 5.41) is 0. The fourth-order valence-corrected chi connectivity index (χ4v) is 2.24. The van der Waals surface area contributed by atoms with Crippen LogP contribution in [0, 0.1) is 5.92 Å². The van der Waals surface area contributed by atoms with Gasteiger partial charge in [-0.2, -0.15) is 13.2 Å². The molecule has 1 saturated carbocycles. The lowest BCUT2D eigenvalue weighted by molar-refractivity contribution is -0.136. The zero-order chi connectivity index (χ0) is 15.2. The summed E-state index contributed by atoms with van der Waals surface area (Å²) in [6, 6.07) is 3.28. The molecule has 0 aliphatic heterocycles. The van der Waals surface area contributed by atoms with E-state index in [9.17, 15) is 13.2 Å². The summed E-state index contributed by atoms with van der Waals surface area (Å²) in [5.41, 5.74) is 14.6. The molecule has 6 N–H and O–H groups in total. The number of halogens is 3. The molecule has 1 aliphatic carbocycles. The van der Waals surface area contributed by atoms with Crippen LogP contribution in [0.3, 0.4) is 0 Å². The van der Waals surface area contributed by atoms with Gasteiger partial charge < -0.3 is 17.2 Å². The summed E-state index contributed by atoms with van der Waals surface area (Å²) in [6.45, 7) is 0.917. The van der Waals surface area contributed by atoms with Crippen LogP contribution in [0.4, 0.5) is 24.5 Å². The fraction of sp³-hybridized carbons (Fsp3) is 0.571. The van der Waals surface area contributed by atoms with E-state index < -0.39 is 11.7 Å². The Balaban J connectivity index is 0.000000217. The molecule has 114 valence electrons. The van der Waals surface area contributed by atoms with Crippen molar-refractivity contribution in [3.05, 3.63) is 23.8 Å². The van der Waals surface area contributed by atoms with Gasteiger partial charge in [0, 0.05) is 11.4 Å². The third-order valence-corrected chi connectivity index (χ3v) is 3.44. The van der Waals surface area contributed by atoms with Crippen LogP contribution >= 0.6 is 0 Å². The van der Waals surface area contributed by atoms with Crippen LogP contribution in [-0.2, 0) is 6.18 Å². The second-order valence-corrected chi connectivity index (χ2v) is 5.08. The third kappa shape index (κ3) is 5.28. The normalized spacial score (nSPS) is 16.4. The van der Waals surface area contributed by atoms with E-state index in [1.54, 1.807) is 0 Å². The Bertz CT molecular complexity index is 413. The number of nitrogen functional groups attached to an aromatic ring is 2. The van der Waals surface area contributed by atoms with Gasteiger partial charge in [-0.15, -0.1) is 0 Å². The monoisotopic (exact) mass is 289 g/mol. The lowest BCUT2D eigenvalue weighted by Gasteiger charge is -2.18. The number of alkyl halides is 3. The molecule has 0 unspecified atom stereocenters. The molecule has 0 radical (unpaired) electrons. The summed E-state index contributed by atoms with van der Waals surface area (Å²) in [4.78, 5) is 0. The van der Waals surface area contributed by atoms with Crippen molar-refractivity contribution in [1.82, 2.24) is 0 Å². The Hall–Kier alpha value is -1.43. The van der Waals surface area contributed by atoms with Gasteiger partial charge in [0.05, 0.1) is 5.56 Å². The largest absolute Gasteiger partial charge is 0.418 e. The van der Waals surface area contributed by atoms with E-state index in [1.807, 2.05) is 0 Å². The highest BCUT2D eigenvalue weighted by Gasteiger charge is 2.32. The van der Waals surface area contributed by atoms with Crippen molar-refractivity contribution in [1.29, 1.82) is 0 Å². The Kier molecular flexibility index (Phi) is 6.13. The van der Waals surface area contributed by atoms with Crippen molar-refractivity contribution in [2.75, 3.05) is 18.0 Å². The molecule has 0 heterocycles. The molecule has 1 fully saturated rings. The molecule has 0 bridgehead atoms. The molecule has 20 heavy (non-hydrogen) atoms. The Morgan fingerprint density at radius 1 is 1.05 bits per heavy atom. The number of hydrogen-bond acceptors (Lipinski definition) is 3. The first-order valence-electron chi connectivity index (χ1n) is 6.77. The van der Waals surface area contributed by atoms with E-state index in [-0.39, 0.29) is 11.4 Å². The molecule has 6 heteroatoms. The molecule has 2 rings (SSSR count). The highest BCUT2D eigenvalue weighted by molar-refractivity contribution is 5.56. The van der Waals surface area contributed by atoms with Gasteiger partial charge in [0.15, 0.2) is 0 Å². The first kappa shape index (κ1) is 16.6. The van der Waals surface area contributed by atoms with Crippen LogP contribution in [0.15, 0.2) is 18.2 Å². The average molecular weight is 289 g/mol. The van der Waals surface area contributed by atoms with Crippen molar-refractivity contribution in [3.8, 4) is 0 Å². The van der Waals surface area contributed by atoms with Crippen LogP contribution in [-0.4, -0.2) is 6.54 Å². The van der Waals surface area contributed by atoms with E-state index in [1.165, 1.54) is 38.2 Å². The summed E-state index contributed by atoms with van der Waals surface area (Å²) in [6.07, 6.45) is 2.62. The molecule has 0 amide bonds. The number of rotatable bonds is 1. The standard InChI is InChI=1S/C7H7F3N2.C7H15N/c8-7(9,10)5-3-4(11)1-2-6(5)12;8-6-7-4-2-1-3-5-7/h1-3H,11-12H2;7H,1-6,8H2. The summed E-state index contributed by atoms with van der Waals surface area (Å²) in [7, 11) is 0. The zero-order valence-corrected chi connectivity index (χ0v) is 11.4. The average Bonchev–Trinajstić information content (AvgIpc) is 2.42. The molecule has 1 aromatic rings. The molecular weight excluding hydrogens is 267 g/mol. The minimum Gasteiger partial charge on any atom is -0.399 e. The van der Waals surface area contributed by atoms with Gasteiger partial charge in [0.1, 0.15) is 0 Å². The number of benzene rings is 1. The second-order valence-electron chi connectivity index (χ2n) is 5.08. The predicted octanol–water partition coefficient (Wildman–Crippen LogP) is 3.40. The van der Waals surface area contributed by atoms with Crippen LogP contribution in [0.2, 0.25) is 0 Å². The van der Waals surface area contributed by atoms with Crippen LogP contribution in [0.1, 0.15) is 37.7 Å². The van der Waals surface area contributed by atoms with Gasteiger partial charge in [0.2, 0.25) is 0 Å². The second kappa shape index (κ2) is 7.38. The van der Waals surface area contributed by atoms with Crippen molar-refractivity contribution in [2.45, 2.75) is 38.3 Å². The first-order chi connectivity index (χ1) is 9.34. The summed E-state index contributed by atoms with van der Waals surface area (Å²) < 4.78 is 36.3. The van der Waals surface area contributed by atoms with E-state index >= 15 is 0 Å². The van der Waals surface area contributed by atoms with Crippen molar-refractivity contribution >= 4 is 11.4 Å². The fourth-order valence-electron chi connectivity index (χ4n) is 2.24. The molecule has 3 nitrogen and oxygen atoms in total. The Morgan fingerprint density at radius 3 is 2.05 bits per heavy atom. The highest BCUT2D eigenvalue weighted by atomic mass is 19.4. The van der Waals surface area contributed by atoms with Crippen LogP contribution < -0.4 is 17.2 Å². The molecule has 1 aromatic carbocycles. The smallest absolute Gasteiger partial charge is 0.399 e. The van der Waals surface area contributed by atoms with E-state index in [4.69, 9.17) is 17.2 Å². The van der Waals surface area contributed by atoms with Gasteiger partial charge in [-0.25, -0.2) is 0 Å². The molecule has 1 aliphatic rings. The summed E-state index contributed by atoms with van der Waals surface area (Å²) in [5.74, 6) is 0.865. The van der Waals surface area contributed by atoms with Crippen LogP contribution in [0.25, 0.3) is 0 Å². The topological polar surface area (TPSA) is 78.1 Å². The number of anilines is 2.